The van der Waals surface area contributed by atoms with Gasteiger partial charge in [0.15, 0.2) is 6.61 Å². The lowest BCUT2D eigenvalue weighted by Gasteiger charge is -2.17. The Morgan fingerprint density at radius 1 is 1.19 bits per heavy atom. The maximum Gasteiger partial charge on any atom is 0.276 e. The van der Waals surface area contributed by atoms with Gasteiger partial charge >= 0.3 is 0 Å². The Morgan fingerprint density at radius 2 is 1.95 bits per heavy atom. The molecule has 0 saturated carbocycles. The van der Waals surface area contributed by atoms with Crippen molar-refractivity contribution in [2.45, 2.75) is 26.2 Å². The summed E-state index contributed by atoms with van der Waals surface area (Å²) in [7, 11) is 0. The summed E-state index contributed by atoms with van der Waals surface area (Å²) in [6.07, 6.45) is 6.51. The molecule has 0 saturated heterocycles. The van der Waals surface area contributed by atoms with Crippen LogP contribution in [-0.2, 0) is 9.59 Å². The van der Waals surface area contributed by atoms with Crippen molar-refractivity contribution < 1.29 is 14.3 Å². The molecule has 1 aromatic carbocycles. The third-order valence-corrected chi connectivity index (χ3v) is 3.36. The van der Waals surface area contributed by atoms with E-state index in [-0.39, 0.29) is 24.3 Å². The molecule has 0 bridgehead atoms. The molecule has 0 aromatic heterocycles. The van der Waals surface area contributed by atoms with Crippen LogP contribution in [0, 0.1) is 12.8 Å². The summed E-state index contributed by atoms with van der Waals surface area (Å²) in [6, 6.07) is 7.42. The van der Waals surface area contributed by atoms with E-state index in [0.29, 0.717) is 5.75 Å². The van der Waals surface area contributed by atoms with Gasteiger partial charge in [0.1, 0.15) is 5.75 Å². The van der Waals surface area contributed by atoms with E-state index in [2.05, 4.69) is 16.9 Å². The molecule has 1 unspecified atom stereocenters. The monoisotopic (exact) mass is 288 g/mol. The summed E-state index contributed by atoms with van der Waals surface area (Å²) >= 11 is 0. The Morgan fingerprint density at radius 3 is 2.62 bits per heavy atom. The molecular formula is C16H20N2O3. The van der Waals surface area contributed by atoms with Crippen molar-refractivity contribution >= 4 is 11.8 Å². The number of ether oxygens (including phenoxy) is 1. The Bertz CT molecular complexity index is 523. The van der Waals surface area contributed by atoms with Gasteiger partial charge in [0.25, 0.3) is 5.91 Å². The molecule has 2 amide bonds. The van der Waals surface area contributed by atoms with E-state index in [1.807, 2.05) is 25.1 Å². The Hall–Kier alpha value is -2.30. The highest BCUT2D eigenvalue weighted by molar-refractivity contribution is 5.84. The van der Waals surface area contributed by atoms with Crippen LogP contribution < -0.4 is 15.6 Å². The quantitative estimate of drug-likeness (QED) is 0.656. The molecule has 5 heteroatoms. The molecule has 0 heterocycles. The molecule has 0 aliphatic heterocycles. The molecular weight excluding hydrogens is 268 g/mol. The van der Waals surface area contributed by atoms with Crippen LogP contribution in [0.25, 0.3) is 0 Å². The molecule has 2 rings (SSSR count). The zero-order chi connectivity index (χ0) is 15.1. The third kappa shape index (κ3) is 4.95. The standard InChI is InChI=1S/C16H20N2O3/c1-12-7-9-14(10-8-12)21-11-15(19)17-18-16(20)13-5-3-2-4-6-13/h2-3,7-10,13H,4-6,11H2,1H3,(H,17,19)(H,18,20). The number of amides is 2. The molecule has 0 fully saturated rings. The smallest absolute Gasteiger partial charge is 0.276 e. The highest BCUT2D eigenvalue weighted by Crippen LogP contribution is 2.17. The van der Waals surface area contributed by atoms with Crippen molar-refractivity contribution in [2.75, 3.05) is 6.61 Å². The fourth-order valence-corrected chi connectivity index (χ4v) is 2.08. The summed E-state index contributed by atoms with van der Waals surface area (Å²) in [6.45, 7) is 1.85. The number of nitrogens with one attached hydrogen (secondary N) is 2. The van der Waals surface area contributed by atoms with Gasteiger partial charge in [0.2, 0.25) is 5.91 Å². The van der Waals surface area contributed by atoms with Gasteiger partial charge in [-0.05, 0) is 38.3 Å². The predicted octanol–water partition coefficient (Wildman–Crippen LogP) is 1.88. The molecule has 1 aliphatic carbocycles. The number of allylic oxidation sites excluding steroid dienone is 2. The summed E-state index contributed by atoms with van der Waals surface area (Å²) in [5, 5.41) is 0. The van der Waals surface area contributed by atoms with Gasteiger partial charge in [-0.1, -0.05) is 29.8 Å². The van der Waals surface area contributed by atoms with Crippen LogP contribution in [-0.4, -0.2) is 18.4 Å². The number of benzene rings is 1. The predicted molar refractivity (Wildman–Crippen MR) is 79.4 cm³/mol. The molecule has 5 nitrogen and oxygen atoms in total. The first kappa shape index (κ1) is 15.1. The first-order chi connectivity index (χ1) is 10.1. The number of carbonyl (C=O) groups excluding carboxylic acids is 2. The lowest BCUT2D eigenvalue weighted by Crippen LogP contribution is -2.46. The topological polar surface area (TPSA) is 67.4 Å². The van der Waals surface area contributed by atoms with Crippen LogP contribution in [0.4, 0.5) is 0 Å². The molecule has 2 N–H and O–H groups in total. The van der Waals surface area contributed by atoms with E-state index in [1.54, 1.807) is 12.1 Å². The van der Waals surface area contributed by atoms with Crippen molar-refractivity contribution in [3.8, 4) is 5.75 Å². The van der Waals surface area contributed by atoms with Crippen LogP contribution in [0.3, 0.4) is 0 Å². The number of aryl methyl sites for hydroxylation is 1. The van der Waals surface area contributed by atoms with E-state index >= 15 is 0 Å². The Kier molecular flexibility index (Phi) is 5.37. The average Bonchev–Trinajstić information content (AvgIpc) is 2.53. The van der Waals surface area contributed by atoms with Crippen molar-refractivity contribution in [1.82, 2.24) is 10.9 Å². The van der Waals surface area contributed by atoms with Gasteiger partial charge in [-0.2, -0.15) is 0 Å². The molecule has 1 aromatic rings. The van der Waals surface area contributed by atoms with Gasteiger partial charge in [-0.15, -0.1) is 0 Å². The fraction of sp³-hybridized carbons (Fsp3) is 0.375. The first-order valence-corrected chi connectivity index (χ1v) is 7.08. The van der Waals surface area contributed by atoms with Crippen LogP contribution in [0.5, 0.6) is 5.75 Å². The van der Waals surface area contributed by atoms with E-state index in [4.69, 9.17) is 4.74 Å². The number of hydrogen-bond acceptors (Lipinski definition) is 3. The highest BCUT2D eigenvalue weighted by Gasteiger charge is 2.18. The summed E-state index contributed by atoms with van der Waals surface area (Å²) in [5.74, 6) is 0.0334. The van der Waals surface area contributed by atoms with Gasteiger partial charge in [-0.25, -0.2) is 0 Å². The second kappa shape index (κ2) is 7.47. The summed E-state index contributed by atoms with van der Waals surface area (Å²) < 4.78 is 5.33. The number of rotatable bonds is 4. The maximum absolute atomic E-state index is 11.8. The third-order valence-electron chi connectivity index (χ3n) is 3.36. The zero-order valence-corrected chi connectivity index (χ0v) is 12.1. The maximum atomic E-state index is 11.8. The van der Waals surface area contributed by atoms with Crippen molar-refractivity contribution in [3.05, 3.63) is 42.0 Å². The van der Waals surface area contributed by atoms with Crippen LogP contribution in [0.1, 0.15) is 24.8 Å². The number of carbonyl (C=O) groups is 2. The minimum absolute atomic E-state index is 0.0617. The van der Waals surface area contributed by atoms with Crippen molar-refractivity contribution in [3.63, 3.8) is 0 Å². The van der Waals surface area contributed by atoms with Crippen LogP contribution >= 0.6 is 0 Å². The van der Waals surface area contributed by atoms with E-state index in [0.717, 1.165) is 24.8 Å². The first-order valence-electron chi connectivity index (χ1n) is 7.08. The van der Waals surface area contributed by atoms with Gasteiger partial charge in [0, 0.05) is 5.92 Å². The number of hydrazine groups is 1. The number of hydrogen-bond donors (Lipinski definition) is 2. The zero-order valence-electron chi connectivity index (χ0n) is 12.1. The Balaban J connectivity index is 1.68. The molecule has 1 atom stereocenters. The molecule has 112 valence electrons. The Labute approximate surface area is 124 Å². The minimum atomic E-state index is -0.379. The molecule has 21 heavy (non-hydrogen) atoms. The highest BCUT2D eigenvalue weighted by atomic mass is 16.5. The van der Waals surface area contributed by atoms with E-state index in [9.17, 15) is 9.59 Å². The normalized spacial score (nSPS) is 17.1. The fourth-order valence-electron chi connectivity index (χ4n) is 2.08. The molecule has 0 spiro atoms. The minimum Gasteiger partial charge on any atom is -0.484 e. The summed E-state index contributed by atoms with van der Waals surface area (Å²) in [4.78, 5) is 23.4. The van der Waals surface area contributed by atoms with Gasteiger partial charge in [0.05, 0.1) is 0 Å². The summed E-state index contributed by atoms with van der Waals surface area (Å²) in [5.41, 5.74) is 5.94. The van der Waals surface area contributed by atoms with Gasteiger partial charge < -0.3 is 4.74 Å². The SMILES string of the molecule is Cc1ccc(OCC(=O)NNC(=O)C2CC=CCC2)cc1. The van der Waals surface area contributed by atoms with Gasteiger partial charge in [-0.3, -0.25) is 20.4 Å². The van der Waals surface area contributed by atoms with Crippen LogP contribution in [0.15, 0.2) is 36.4 Å². The largest absolute Gasteiger partial charge is 0.484 e. The molecule has 1 aliphatic rings. The van der Waals surface area contributed by atoms with E-state index in [1.165, 1.54) is 0 Å². The lowest BCUT2D eigenvalue weighted by atomic mass is 9.94. The second-order valence-corrected chi connectivity index (χ2v) is 5.12. The second-order valence-electron chi connectivity index (χ2n) is 5.12. The van der Waals surface area contributed by atoms with Crippen molar-refractivity contribution in [2.24, 2.45) is 5.92 Å². The average molecular weight is 288 g/mol. The van der Waals surface area contributed by atoms with Crippen LogP contribution in [0.2, 0.25) is 0 Å². The molecule has 0 radical (unpaired) electrons. The lowest BCUT2D eigenvalue weighted by molar-refractivity contribution is -0.132. The van der Waals surface area contributed by atoms with E-state index < -0.39 is 0 Å². The van der Waals surface area contributed by atoms with Crippen molar-refractivity contribution in [1.29, 1.82) is 0 Å².